The quantitative estimate of drug-likeness (QED) is 0.258. The summed E-state index contributed by atoms with van der Waals surface area (Å²) in [5.41, 5.74) is -9.71. The summed E-state index contributed by atoms with van der Waals surface area (Å²) >= 11 is 0. The Morgan fingerprint density at radius 1 is 0.778 bits per heavy atom. The monoisotopic (exact) mass is 635 g/mol. The third-order valence-corrected chi connectivity index (χ3v) is 13.9. The Kier molecular flexibility index (Phi) is 6.64. The summed E-state index contributed by atoms with van der Waals surface area (Å²) in [4.78, 5) is 39.5. The van der Waals surface area contributed by atoms with Gasteiger partial charge in [0.15, 0.2) is 6.10 Å². The first kappa shape index (κ1) is 31.8. The predicted molar refractivity (Wildman–Crippen MR) is 155 cm³/mol. The summed E-state index contributed by atoms with van der Waals surface area (Å²) in [6.45, 7) is 10.4. The second-order valence-corrected chi connectivity index (χ2v) is 16.0. The Hall–Kier alpha value is -1.83. The highest BCUT2D eigenvalue weighted by Crippen LogP contribution is 2.79. The number of fused-ring (bicyclic) bond motifs is 5. The molecule has 0 amide bonds. The van der Waals surface area contributed by atoms with E-state index in [2.05, 4.69) is 11.8 Å². The maximum Gasteiger partial charge on any atom is 0.305 e. The van der Waals surface area contributed by atoms with Crippen LogP contribution in [0.5, 0.6) is 0 Å². The largest absolute Gasteiger partial charge is 0.459 e. The standard InChI is InChI=1S/C33H49NO11/c1-17-7-10-24-28(6,38)32(41)23(15-34(24)14-17)30(40)16-31-22(29(30,39)13-26(32)43-19(3)36)9-8-21-27(31,5)12-11-25(42-18(2)35)33(21,45-31)44-20(4)37/h17,21-26,38-41H,7-16H2,1-6H3/t17-,21-,22-,23-,24-,25+,26-,27-,28+,29+,30+,31-,32-,33+/m0/s1. The van der Waals surface area contributed by atoms with Gasteiger partial charge in [0, 0.05) is 75.9 Å². The van der Waals surface area contributed by atoms with Crippen LogP contribution >= 0.6 is 0 Å². The van der Waals surface area contributed by atoms with Crippen LogP contribution in [0.15, 0.2) is 0 Å². The van der Waals surface area contributed by atoms with E-state index >= 15 is 0 Å². The molecule has 4 aliphatic carbocycles. The fourth-order valence-electron chi connectivity index (χ4n) is 12.3. The van der Waals surface area contributed by atoms with Crippen molar-refractivity contribution in [1.29, 1.82) is 0 Å². The lowest BCUT2D eigenvalue weighted by Crippen LogP contribution is -2.85. The lowest BCUT2D eigenvalue weighted by Gasteiger charge is -2.68. The minimum absolute atomic E-state index is 0.103. The lowest BCUT2D eigenvalue weighted by atomic mass is 9.48. The van der Waals surface area contributed by atoms with Gasteiger partial charge in [-0.1, -0.05) is 13.8 Å². The molecular formula is C33H49NO11. The van der Waals surface area contributed by atoms with E-state index < -0.39 is 87.2 Å². The highest BCUT2D eigenvalue weighted by molar-refractivity contribution is 5.68. The maximum absolute atomic E-state index is 13.2. The summed E-state index contributed by atoms with van der Waals surface area (Å²) < 4.78 is 24.7. The minimum Gasteiger partial charge on any atom is -0.459 e. The predicted octanol–water partition coefficient (Wildman–Crippen LogP) is 1.19. The molecule has 3 heterocycles. The zero-order valence-electron chi connectivity index (χ0n) is 27.2. The molecule has 0 unspecified atom stereocenters. The molecule has 7 aliphatic rings. The number of nitrogens with zero attached hydrogens (tertiary/aromatic N) is 1. The van der Waals surface area contributed by atoms with Gasteiger partial charge in [0.25, 0.3) is 5.79 Å². The molecule has 0 aromatic carbocycles. The van der Waals surface area contributed by atoms with E-state index in [9.17, 15) is 34.8 Å². The number of carbonyl (C=O) groups is 3. The molecule has 0 aromatic rings. The van der Waals surface area contributed by atoms with Gasteiger partial charge in [-0.3, -0.25) is 19.3 Å². The average molecular weight is 636 g/mol. The lowest BCUT2D eigenvalue weighted by molar-refractivity contribution is -0.354. The summed E-state index contributed by atoms with van der Waals surface area (Å²) in [5, 5.41) is 51.4. The molecule has 252 valence electrons. The van der Waals surface area contributed by atoms with Crippen LogP contribution < -0.4 is 0 Å². The number of aliphatic hydroxyl groups is 4. The van der Waals surface area contributed by atoms with Gasteiger partial charge in [0.2, 0.25) is 0 Å². The topological polar surface area (TPSA) is 172 Å². The molecule has 12 nitrogen and oxygen atoms in total. The normalized spacial score (nSPS) is 56.3. The number of esters is 3. The van der Waals surface area contributed by atoms with Crippen LogP contribution in [-0.4, -0.2) is 108 Å². The number of ether oxygens (including phenoxy) is 4. The van der Waals surface area contributed by atoms with E-state index in [1.807, 2.05) is 6.92 Å². The summed E-state index contributed by atoms with van der Waals surface area (Å²) in [5.74, 6) is -5.28. The Balaban J connectivity index is 1.40. The van der Waals surface area contributed by atoms with E-state index in [0.717, 1.165) is 6.42 Å². The molecule has 4 N–H and O–H groups in total. The van der Waals surface area contributed by atoms with E-state index in [0.29, 0.717) is 44.6 Å². The number of hydrogen-bond acceptors (Lipinski definition) is 12. The van der Waals surface area contributed by atoms with Crippen molar-refractivity contribution < 1.29 is 53.8 Å². The Labute approximate surface area is 263 Å². The Morgan fingerprint density at radius 2 is 1.42 bits per heavy atom. The molecule has 0 aromatic heterocycles. The fourth-order valence-corrected chi connectivity index (χ4v) is 12.3. The van der Waals surface area contributed by atoms with Crippen molar-refractivity contribution in [1.82, 2.24) is 4.90 Å². The molecule has 45 heavy (non-hydrogen) atoms. The Bertz CT molecular complexity index is 1320. The first-order valence-electron chi connectivity index (χ1n) is 16.7. The van der Waals surface area contributed by atoms with Crippen molar-refractivity contribution in [2.24, 2.45) is 29.1 Å². The van der Waals surface area contributed by atoms with Gasteiger partial charge in [-0.05, 0) is 51.4 Å². The highest BCUT2D eigenvalue weighted by atomic mass is 16.8. The summed E-state index contributed by atoms with van der Waals surface area (Å²) in [7, 11) is 0. The zero-order valence-corrected chi connectivity index (χ0v) is 27.2. The molecule has 1 spiro atoms. The van der Waals surface area contributed by atoms with Gasteiger partial charge >= 0.3 is 17.9 Å². The number of carbonyl (C=O) groups excluding carboxylic acids is 3. The first-order chi connectivity index (χ1) is 20.8. The van der Waals surface area contributed by atoms with Crippen LogP contribution in [0.3, 0.4) is 0 Å². The smallest absolute Gasteiger partial charge is 0.305 e. The SMILES string of the molecule is CC(=O)O[C@H]1C[C@@]2(O)[C@@H]3CC[C@@H]4[C@@]5(OC(C)=O)O[C@]3(C[C@@]2(O)[C@@H]2CN3C[C@@H](C)CC[C@H]3[C@@](C)(O)[C@@]12O)[C@@]4(C)CC[C@H]5OC(C)=O. The van der Waals surface area contributed by atoms with E-state index in [-0.39, 0.29) is 25.3 Å². The number of hydrogen-bond donors (Lipinski definition) is 4. The van der Waals surface area contributed by atoms with E-state index in [1.54, 1.807) is 6.92 Å². The van der Waals surface area contributed by atoms with E-state index in [4.69, 9.17) is 18.9 Å². The first-order valence-corrected chi connectivity index (χ1v) is 16.7. The van der Waals surface area contributed by atoms with Crippen LogP contribution in [0.2, 0.25) is 0 Å². The van der Waals surface area contributed by atoms with Crippen LogP contribution in [-0.2, 0) is 33.3 Å². The molecule has 7 fully saturated rings. The third-order valence-electron chi connectivity index (χ3n) is 13.9. The van der Waals surface area contributed by atoms with Gasteiger partial charge in [-0.15, -0.1) is 0 Å². The van der Waals surface area contributed by atoms with Crippen LogP contribution in [0, 0.1) is 29.1 Å². The average Bonchev–Trinajstić information content (AvgIpc) is 3.09. The van der Waals surface area contributed by atoms with Gasteiger partial charge in [0.1, 0.15) is 28.5 Å². The number of rotatable bonds is 3. The van der Waals surface area contributed by atoms with Gasteiger partial charge in [-0.25, -0.2) is 0 Å². The van der Waals surface area contributed by atoms with E-state index in [1.165, 1.54) is 20.8 Å². The molecule has 12 heteroatoms. The van der Waals surface area contributed by atoms with Crippen molar-refractivity contribution in [3.05, 3.63) is 0 Å². The molecule has 3 aliphatic heterocycles. The summed E-state index contributed by atoms with van der Waals surface area (Å²) in [6, 6.07) is -0.440. The van der Waals surface area contributed by atoms with Gasteiger partial charge < -0.3 is 39.4 Å². The fraction of sp³-hybridized carbons (Fsp3) is 0.909. The van der Waals surface area contributed by atoms with Gasteiger partial charge in [0.05, 0.1) is 5.60 Å². The van der Waals surface area contributed by atoms with Crippen molar-refractivity contribution in [2.75, 3.05) is 13.1 Å². The van der Waals surface area contributed by atoms with Crippen molar-refractivity contribution in [3.63, 3.8) is 0 Å². The Morgan fingerprint density at radius 3 is 2.07 bits per heavy atom. The molecule has 4 saturated carbocycles. The molecular weight excluding hydrogens is 586 g/mol. The molecule has 3 saturated heterocycles. The second kappa shape index (κ2) is 9.41. The third kappa shape index (κ3) is 3.62. The molecule has 4 bridgehead atoms. The number of piperidine rings is 2. The van der Waals surface area contributed by atoms with Crippen LogP contribution in [0.25, 0.3) is 0 Å². The van der Waals surface area contributed by atoms with Crippen molar-refractivity contribution >= 4 is 17.9 Å². The second-order valence-electron chi connectivity index (χ2n) is 16.0. The van der Waals surface area contributed by atoms with Crippen LogP contribution in [0.1, 0.15) is 92.9 Å². The minimum atomic E-state index is -2.09. The molecule has 14 atom stereocenters. The van der Waals surface area contributed by atoms with Gasteiger partial charge in [-0.2, -0.15) is 0 Å². The summed E-state index contributed by atoms with van der Waals surface area (Å²) in [6.07, 6.45) is 0.618. The molecule has 0 radical (unpaired) electrons. The van der Waals surface area contributed by atoms with Crippen LogP contribution in [0.4, 0.5) is 0 Å². The van der Waals surface area contributed by atoms with Crippen molar-refractivity contribution in [3.8, 4) is 0 Å². The van der Waals surface area contributed by atoms with Crippen molar-refractivity contribution in [2.45, 2.75) is 145 Å². The zero-order chi connectivity index (χ0) is 32.8. The maximum atomic E-state index is 13.2. The highest BCUT2D eigenvalue weighted by Gasteiger charge is 2.90. The molecule has 7 rings (SSSR count).